The molecule has 1 heterocycles. The highest BCUT2D eigenvalue weighted by Crippen LogP contribution is 2.38. The van der Waals surface area contributed by atoms with E-state index in [1.165, 1.54) is 37.9 Å². The first-order valence-electron chi connectivity index (χ1n) is 14.8. The fourth-order valence-corrected chi connectivity index (χ4v) is 6.10. The molecule has 0 aromatic heterocycles. The lowest BCUT2D eigenvalue weighted by Gasteiger charge is -2.20. The number of nitrogens with one attached hydrogen (secondary N) is 2. The Bertz CT molecular complexity index is 1170. The van der Waals surface area contributed by atoms with Crippen LogP contribution in [0.2, 0.25) is 0 Å². The van der Waals surface area contributed by atoms with Crippen LogP contribution in [0, 0.1) is 11.8 Å². The molecule has 3 atom stereocenters. The first-order valence-corrected chi connectivity index (χ1v) is 14.8. The Morgan fingerprint density at radius 1 is 1.20 bits per heavy atom. The average molecular weight is 563 g/mol. The van der Waals surface area contributed by atoms with Crippen molar-refractivity contribution >= 4 is 17.7 Å². The van der Waals surface area contributed by atoms with E-state index in [0.29, 0.717) is 49.5 Å². The summed E-state index contributed by atoms with van der Waals surface area (Å²) in [5.41, 5.74) is 3.25. The van der Waals surface area contributed by atoms with E-state index < -0.39 is 6.10 Å². The van der Waals surface area contributed by atoms with Crippen LogP contribution in [-0.2, 0) is 11.3 Å². The molecule has 222 valence electrons. The highest BCUT2D eigenvalue weighted by molar-refractivity contribution is 5.76. The molecule has 0 radical (unpaired) electrons. The van der Waals surface area contributed by atoms with Crippen molar-refractivity contribution in [3.05, 3.63) is 71.8 Å². The number of benzene rings is 2. The normalized spacial score (nSPS) is 19.3. The van der Waals surface area contributed by atoms with E-state index in [1.54, 1.807) is 49.4 Å². The molecule has 8 heteroatoms. The maximum atomic E-state index is 12.6. The number of phenols is 1. The van der Waals surface area contributed by atoms with E-state index in [0.717, 1.165) is 24.1 Å². The number of rotatable bonds is 15. The van der Waals surface area contributed by atoms with Gasteiger partial charge in [0.2, 0.25) is 5.91 Å². The van der Waals surface area contributed by atoms with Gasteiger partial charge in [-0.1, -0.05) is 49.4 Å². The Morgan fingerprint density at radius 2 is 1.93 bits per heavy atom. The summed E-state index contributed by atoms with van der Waals surface area (Å²) in [6.45, 7) is 8.86. The largest absolute Gasteiger partial charge is 0.506 e. The van der Waals surface area contributed by atoms with Crippen molar-refractivity contribution in [3.8, 4) is 11.5 Å². The number of fused-ring (bicyclic) bond motifs is 1. The summed E-state index contributed by atoms with van der Waals surface area (Å²) in [5.74, 6) is 2.73. The average Bonchev–Trinajstić information content (AvgIpc) is 3.57. The van der Waals surface area contributed by atoms with Crippen LogP contribution in [0.5, 0.6) is 11.5 Å². The topological polar surface area (TPSA) is 97.3 Å². The Balaban J connectivity index is 1.14. The number of anilines is 1. The number of phenolic OH excluding ortho intramolecular Hbond substituents is 1. The third-order valence-corrected chi connectivity index (χ3v) is 8.37. The van der Waals surface area contributed by atoms with Gasteiger partial charge in [0.15, 0.2) is 0 Å². The number of aliphatic hydroxyl groups is 1. The Hall–Kier alpha value is -3.33. The van der Waals surface area contributed by atoms with Gasteiger partial charge in [0.25, 0.3) is 0 Å². The molecular formula is C33H46N4O4. The molecule has 1 saturated carbocycles. The molecule has 2 aliphatic rings. The van der Waals surface area contributed by atoms with Gasteiger partial charge in [-0.15, -0.1) is 0 Å². The summed E-state index contributed by atoms with van der Waals surface area (Å²) in [4.78, 5) is 16.8. The Morgan fingerprint density at radius 3 is 2.61 bits per heavy atom. The second-order valence-corrected chi connectivity index (χ2v) is 11.2. The van der Waals surface area contributed by atoms with Gasteiger partial charge in [-0.2, -0.15) is 0 Å². The number of carbonyl (C=O) groups excluding carboxylic acids is 1. The monoisotopic (exact) mass is 562 g/mol. The van der Waals surface area contributed by atoms with Crippen molar-refractivity contribution in [2.24, 2.45) is 11.8 Å². The summed E-state index contributed by atoms with van der Waals surface area (Å²) in [6, 6.07) is 11.6. The molecule has 4 N–H and O–H groups in total. The van der Waals surface area contributed by atoms with Crippen molar-refractivity contribution in [1.29, 1.82) is 0 Å². The second kappa shape index (κ2) is 15.1. The minimum absolute atomic E-state index is 0.0117. The third kappa shape index (κ3) is 8.35. The zero-order valence-electron chi connectivity index (χ0n) is 24.5. The number of hydrogen-bond donors (Lipinski definition) is 4. The molecule has 1 aliphatic heterocycles. The summed E-state index contributed by atoms with van der Waals surface area (Å²) in [5, 5.41) is 27.2. The first-order chi connectivity index (χ1) is 19.9. The van der Waals surface area contributed by atoms with Crippen LogP contribution in [0.15, 0.2) is 55.1 Å². The quantitative estimate of drug-likeness (QED) is 0.145. The number of aliphatic hydroxyl groups excluding tert-OH is 1. The molecule has 2 aromatic carbocycles. The lowest BCUT2D eigenvalue weighted by atomic mass is 9.99. The number of ether oxygens (including phenoxy) is 1. The van der Waals surface area contributed by atoms with Crippen LogP contribution in [0.3, 0.4) is 0 Å². The van der Waals surface area contributed by atoms with Gasteiger partial charge >= 0.3 is 0 Å². The molecule has 0 spiro atoms. The predicted molar refractivity (Wildman–Crippen MR) is 165 cm³/mol. The van der Waals surface area contributed by atoms with E-state index in [4.69, 9.17) is 4.74 Å². The maximum Gasteiger partial charge on any atom is 0.225 e. The first kappa shape index (κ1) is 30.6. The zero-order chi connectivity index (χ0) is 29.2. The summed E-state index contributed by atoms with van der Waals surface area (Å²) in [6.07, 6.45) is 8.93. The lowest BCUT2D eigenvalue weighted by Crippen LogP contribution is -2.35. The number of aromatic hydroxyl groups is 1. The summed E-state index contributed by atoms with van der Waals surface area (Å²) >= 11 is 0. The smallest absolute Gasteiger partial charge is 0.225 e. The fourth-order valence-electron chi connectivity index (χ4n) is 6.10. The number of likely N-dealkylation sites (tertiary alicyclic amines) is 1. The number of carbonyl (C=O) groups is 1. The second-order valence-electron chi connectivity index (χ2n) is 11.2. The van der Waals surface area contributed by atoms with Gasteiger partial charge < -0.3 is 30.5 Å². The highest BCUT2D eigenvalue weighted by Gasteiger charge is 2.35. The third-order valence-electron chi connectivity index (χ3n) is 8.37. The molecule has 2 fully saturated rings. The summed E-state index contributed by atoms with van der Waals surface area (Å²) in [7, 11) is 3.50. The van der Waals surface area contributed by atoms with Gasteiger partial charge in [0.1, 0.15) is 11.5 Å². The minimum atomic E-state index is -0.789. The predicted octanol–water partition coefficient (Wildman–Crippen LogP) is 4.42. The lowest BCUT2D eigenvalue weighted by molar-refractivity contribution is -0.130. The van der Waals surface area contributed by atoms with Crippen LogP contribution < -0.4 is 15.4 Å². The molecule has 8 nitrogen and oxygen atoms in total. The van der Waals surface area contributed by atoms with Crippen LogP contribution in [0.4, 0.5) is 5.69 Å². The molecule has 41 heavy (non-hydrogen) atoms. The van der Waals surface area contributed by atoms with E-state index >= 15 is 0 Å². The van der Waals surface area contributed by atoms with Crippen LogP contribution in [0.25, 0.3) is 6.08 Å². The van der Waals surface area contributed by atoms with E-state index in [1.807, 2.05) is 12.1 Å². The molecule has 1 aliphatic carbocycles. The standard InChI is InChI=1S/C33H46N4O4/c1-4-5-9-29-28(14-15-30(38)33(29)34-2)31(39)20-35-17-18-36(3)32(40)16-19-41-27-12-10-24(11-13-27)21-37-22-25-7-6-8-26(25)23-37/h4-5,9-15,25-26,31,34-35,38-39H,1,6-8,16-23H2,2-3H3/b9-5-. The molecule has 1 saturated heterocycles. The number of hydrogen-bond acceptors (Lipinski definition) is 7. The van der Waals surface area contributed by atoms with Crippen molar-refractivity contribution in [3.63, 3.8) is 0 Å². The van der Waals surface area contributed by atoms with Gasteiger partial charge in [-0.05, 0) is 54.0 Å². The molecule has 3 unspecified atom stereocenters. The van der Waals surface area contributed by atoms with Crippen molar-refractivity contribution < 1.29 is 19.7 Å². The van der Waals surface area contributed by atoms with Crippen molar-refractivity contribution in [1.82, 2.24) is 15.1 Å². The number of allylic oxidation sites excluding steroid dienone is 2. The molecule has 0 bridgehead atoms. The van der Waals surface area contributed by atoms with Crippen molar-refractivity contribution in [2.45, 2.75) is 38.3 Å². The molecular weight excluding hydrogens is 516 g/mol. The number of amides is 1. The van der Waals surface area contributed by atoms with Gasteiger partial charge in [0.05, 0.1) is 24.8 Å². The highest BCUT2D eigenvalue weighted by atomic mass is 16.5. The zero-order valence-corrected chi connectivity index (χ0v) is 24.5. The number of nitrogens with zero attached hydrogens (tertiary/aromatic N) is 2. The van der Waals surface area contributed by atoms with Gasteiger partial charge in [-0.25, -0.2) is 0 Å². The van der Waals surface area contributed by atoms with E-state index in [2.05, 4.69) is 34.2 Å². The van der Waals surface area contributed by atoms with Crippen molar-refractivity contribution in [2.75, 3.05) is 58.7 Å². The fraction of sp³-hybridized carbons (Fsp3) is 0.485. The van der Waals surface area contributed by atoms with E-state index in [9.17, 15) is 15.0 Å². The molecule has 4 rings (SSSR count). The SMILES string of the molecule is C=C/C=C\c1c(C(O)CNCCN(C)C(=O)CCOc2ccc(CN3CC4CCCC4C3)cc2)ccc(O)c1NC. The Labute approximate surface area is 244 Å². The van der Waals surface area contributed by atoms with Gasteiger partial charge in [-0.3, -0.25) is 9.69 Å². The van der Waals surface area contributed by atoms with Gasteiger partial charge in [0, 0.05) is 58.9 Å². The van der Waals surface area contributed by atoms with Crippen LogP contribution in [-0.4, -0.2) is 79.3 Å². The maximum absolute atomic E-state index is 12.6. The number of likely N-dealkylation sites (N-methyl/N-ethyl adjacent to an activating group) is 1. The molecule has 1 amide bonds. The minimum Gasteiger partial charge on any atom is -0.506 e. The molecule has 2 aromatic rings. The van der Waals surface area contributed by atoms with E-state index in [-0.39, 0.29) is 11.7 Å². The van der Waals surface area contributed by atoms with Crippen LogP contribution in [0.1, 0.15) is 48.5 Å². The Kier molecular flexibility index (Phi) is 11.2. The summed E-state index contributed by atoms with van der Waals surface area (Å²) < 4.78 is 5.84. The van der Waals surface area contributed by atoms with Crippen LogP contribution >= 0.6 is 0 Å².